The van der Waals surface area contributed by atoms with Gasteiger partial charge in [0, 0.05) is 0 Å². The molecule has 0 aliphatic heterocycles. The second-order valence-corrected chi connectivity index (χ2v) is 9.17. The number of rotatable bonds is 18. The number of ether oxygens (including phenoxy) is 8. The third-order valence-electron chi connectivity index (χ3n) is 6.05. The standard InChI is InChI=1S/C34H42O10/c1-7-37-27-17-25(18-28(38-8-2)31(27)41-11-5)33(35)43-21-23-13-15-24(16-14-23)22-44-34(36)26-19-29(39-9-3)32(42-12-6)30(20-26)40-10-4/h13-20H,7-12,21-22H2,1-6H3. The highest BCUT2D eigenvalue weighted by Gasteiger charge is 2.21. The Hall–Kier alpha value is -4.60. The molecule has 0 heterocycles. The summed E-state index contributed by atoms with van der Waals surface area (Å²) in [7, 11) is 0. The third kappa shape index (κ3) is 9.20. The van der Waals surface area contributed by atoms with Crippen LogP contribution in [0.1, 0.15) is 73.4 Å². The van der Waals surface area contributed by atoms with Gasteiger partial charge in [-0.3, -0.25) is 0 Å². The molecule has 238 valence electrons. The number of hydrogen-bond donors (Lipinski definition) is 0. The Morgan fingerprint density at radius 1 is 0.455 bits per heavy atom. The van der Waals surface area contributed by atoms with Crippen molar-refractivity contribution in [2.24, 2.45) is 0 Å². The van der Waals surface area contributed by atoms with Gasteiger partial charge in [0.25, 0.3) is 0 Å². The summed E-state index contributed by atoms with van der Waals surface area (Å²) in [5.41, 5.74) is 2.11. The first-order chi connectivity index (χ1) is 21.4. The fourth-order valence-electron chi connectivity index (χ4n) is 4.21. The summed E-state index contributed by atoms with van der Waals surface area (Å²) in [6.45, 7) is 13.7. The molecule has 3 aromatic rings. The largest absolute Gasteiger partial charge is 0.490 e. The normalized spacial score (nSPS) is 10.5. The first kappa shape index (κ1) is 33.9. The van der Waals surface area contributed by atoms with Crippen molar-refractivity contribution in [3.05, 3.63) is 70.8 Å². The van der Waals surface area contributed by atoms with Crippen molar-refractivity contribution >= 4 is 11.9 Å². The maximum Gasteiger partial charge on any atom is 0.338 e. The maximum absolute atomic E-state index is 12.9. The molecule has 0 bridgehead atoms. The summed E-state index contributed by atoms with van der Waals surface area (Å²) in [5, 5.41) is 0. The summed E-state index contributed by atoms with van der Waals surface area (Å²) in [4.78, 5) is 25.8. The van der Waals surface area contributed by atoms with Gasteiger partial charge in [-0.1, -0.05) is 24.3 Å². The Bertz CT molecular complexity index is 1210. The van der Waals surface area contributed by atoms with Crippen LogP contribution in [-0.4, -0.2) is 51.6 Å². The Kier molecular flexibility index (Phi) is 13.5. The molecule has 10 heteroatoms. The summed E-state index contributed by atoms with van der Waals surface area (Å²) in [5.74, 6) is 1.52. The lowest BCUT2D eigenvalue weighted by atomic mass is 10.1. The van der Waals surface area contributed by atoms with Crippen LogP contribution < -0.4 is 28.4 Å². The number of carbonyl (C=O) groups excluding carboxylic acids is 2. The Morgan fingerprint density at radius 2 is 0.727 bits per heavy atom. The van der Waals surface area contributed by atoms with Gasteiger partial charge in [-0.2, -0.15) is 0 Å². The molecule has 0 amide bonds. The molecule has 0 radical (unpaired) electrons. The van der Waals surface area contributed by atoms with E-state index in [4.69, 9.17) is 37.9 Å². The van der Waals surface area contributed by atoms with Gasteiger partial charge in [0.2, 0.25) is 11.5 Å². The van der Waals surface area contributed by atoms with Crippen LogP contribution in [0.2, 0.25) is 0 Å². The van der Waals surface area contributed by atoms with Gasteiger partial charge in [0.05, 0.1) is 50.8 Å². The van der Waals surface area contributed by atoms with Crippen molar-refractivity contribution in [3.63, 3.8) is 0 Å². The molecular formula is C34H42O10. The maximum atomic E-state index is 12.9. The van der Waals surface area contributed by atoms with E-state index in [2.05, 4.69) is 0 Å². The van der Waals surface area contributed by atoms with Crippen molar-refractivity contribution in [2.45, 2.75) is 54.8 Å². The van der Waals surface area contributed by atoms with Crippen LogP contribution in [0.5, 0.6) is 34.5 Å². The van der Waals surface area contributed by atoms with Crippen molar-refractivity contribution in [3.8, 4) is 34.5 Å². The van der Waals surface area contributed by atoms with Crippen LogP contribution in [-0.2, 0) is 22.7 Å². The molecule has 0 fully saturated rings. The smallest absolute Gasteiger partial charge is 0.338 e. The van der Waals surface area contributed by atoms with Crippen LogP contribution >= 0.6 is 0 Å². The zero-order chi connectivity index (χ0) is 31.9. The van der Waals surface area contributed by atoms with Crippen molar-refractivity contribution in [1.82, 2.24) is 0 Å². The summed E-state index contributed by atoms with van der Waals surface area (Å²) in [6.07, 6.45) is 0. The van der Waals surface area contributed by atoms with Crippen LogP contribution in [0.25, 0.3) is 0 Å². The SMILES string of the molecule is CCOc1cc(C(=O)OCc2ccc(COC(=O)c3cc(OCC)c(OCC)c(OCC)c3)cc2)cc(OCC)c1OCC. The molecule has 0 saturated carbocycles. The lowest BCUT2D eigenvalue weighted by Gasteiger charge is -2.17. The van der Waals surface area contributed by atoms with E-state index in [1.807, 2.05) is 65.8 Å². The second-order valence-electron chi connectivity index (χ2n) is 9.17. The molecular weight excluding hydrogens is 568 g/mol. The molecule has 0 N–H and O–H groups in total. The fraction of sp³-hybridized carbons (Fsp3) is 0.412. The van der Waals surface area contributed by atoms with Crippen LogP contribution in [0.3, 0.4) is 0 Å². The summed E-state index contributed by atoms with van der Waals surface area (Å²) in [6, 6.07) is 13.6. The van der Waals surface area contributed by atoms with Gasteiger partial charge in [0.1, 0.15) is 13.2 Å². The second kappa shape index (κ2) is 17.5. The minimum atomic E-state index is -0.527. The van der Waals surface area contributed by atoms with Gasteiger partial charge >= 0.3 is 11.9 Å². The zero-order valence-corrected chi connectivity index (χ0v) is 26.4. The summed E-state index contributed by atoms with van der Waals surface area (Å²) < 4.78 is 45.3. The van der Waals surface area contributed by atoms with Crippen LogP contribution in [0.15, 0.2) is 48.5 Å². The van der Waals surface area contributed by atoms with E-state index in [1.54, 1.807) is 24.3 Å². The lowest BCUT2D eigenvalue weighted by molar-refractivity contribution is 0.0459. The Labute approximate surface area is 259 Å². The average molecular weight is 611 g/mol. The summed E-state index contributed by atoms with van der Waals surface area (Å²) >= 11 is 0. The number of hydrogen-bond acceptors (Lipinski definition) is 10. The van der Waals surface area contributed by atoms with E-state index in [9.17, 15) is 9.59 Å². The molecule has 0 aliphatic rings. The molecule has 3 rings (SSSR count). The van der Waals surface area contributed by atoms with Crippen molar-refractivity contribution in [2.75, 3.05) is 39.6 Å². The fourth-order valence-corrected chi connectivity index (χ4v) is 4.21. The monoisotopic (exact) mass is 610 g/mol. The number of benzene rings is 3. The highest BCUT2D eigenvalue weighted by Crippen LogP contribution is 2.40. The highest BCUT2D eigenvalue weighted by molar-refractivity contribution is 5.92. The topological polar surface area (TPSA) is 108 Å². The number of carbonyl (C=O) groups is 2. The van der Waals surface area contributed by atoms with Gasteiger partial charge in [-0.25, -0.2) is 9.59 Å². The Morgan fingerprint density at radius 3 is 0.977 bits per heavy atom. The first-order valence-electron chi connectivity index (χ1n) is 14.9. The molecule has 10 nitrogen and oxygen atoms in total. The van der Waals surface area contributed by atoms with Gasteiger partial charge in [0.15, 0.2) is 23.0 Å². The predicted octanol–water partition coefficient (Wildman–Crippen LogP) is 6.79. The van der Waals surface area contributed by atoms with E-state index >= 15 is 0 Å². The van der Waals surface area contributed by atoms with E-state index in [-0.39, 0.29) is 24.3 Å². The van der Waals surface area contributed by atoms with Gasteiger partial charge in [-0.15, -0.1) is 0 Å². The van der Waals surface area contributed by atoms with E-state index in [0.29, 0.717) is 74.1 Å². The van der Waals surface area contributed by atoms with E-state index in [0.717, 1.165) is 11.1 Å². The molecule has 44 heavy (non-hydrogen) atoms. The van der Waals surface area contributed by atoms with E-state index < -0.39 is 11.9 Å². The predicted molar refractivity (Wildman–Crippen MR) is 165 cm³/mol. The average Bonchev–Trinajstić information content (AvgIpc) is 3.02. The lowest BCUT2D eigenvalue weighted by Crippen LogP contribution is -2.09. The van der Waals surface area contributed by atoms with Crippen molar-refractivity contribution < 1.29 is 47.5 Å². The molecule has 0 atom stereocenters. The first-order valence-corrected chi connectivity index (χ1v) is 14.9. The number of esters is 2. The van der Waals surface area contributed by atoms with Crippen LogP contribution in [0.4, 0.5) is 0 Å². The zero-order valence-electron chi connectivity index (χ0n) is 26.4. The van der Waals surface area contributed by atoms with Crippen LogP contribution in [0, 0.1) is 0 Å². The third-order valence-corrected chi connectivity index (χ3v) is 6.05. The quantitative estimate of drug-likeness (QED) is 0.143. The van der Waals surface area contributed by atoms with Crippen molar-refractivity contribution in [1.29, 1.82) is 0 Å². The minimum absolute atomic E-state index is 0.0483. The molecule has 0 unspecified atom stereocenters. The van der Waals surface area contributed by atoms with Gasteiger partial charge in [-0.05, 0) is 76.9 Å². The molecule has 0 aromatic heterocycles. The molecule has 0 spiro atoms. The molecule has 3 aromatic carbocycles. The minimum Gasteiger partial charge on any atom is -0.490 e. The van der Waals surface area contributed by atoms with E-state index in [1.165, 1.54) is 0 Å². The van der Waals surface area contributed by atoms with Gasteiger partial charge < -0.3 is 37.9 Å². The molecule has 0 aliphatic carbocycles. The Balaban J connectivity index is 1.64. The molecule has 0 saturated heterocycles. The highest BCUT2D eigenvalue weighted by atomic mass is 16.6.